The van der Waals surface area contributed by atoms with Crippen LogP contribution in [0, 0.1) is 5.82 Å². The summed E-state index contributed by atoms with van der Waals surface area (Å²) in [6, 6.07) is 6.12. The molecule has 17 heavy (non-hydrogen) atoms. The van der Waals surface area contributed by atoms with Crippen molar-refractivity contribution in [3.8, 4) is 0 Å². The van der Waals surface area contributed by atoms with Crippen LogP contribution in [0.3, 0.4) is 0 Å². The normalized spacial score (nSPS) is 23.8. The quantitative estimate of drug-likeness (QED) is 0.741. The highest BCUT2D eigenvalue weighted by Gasteiger charge is 2.46. The molecule has 1 atom stereocenters. The molecule has 0 unspecified atom stereocenters. The number of alkyl halides is 1. The van der Waals surface area contributed by atoms with Gasteiger partial charge >= 0.3 is 5.97 Å². The Kier molecular flexibility index (Phi) is 3.00. The molecule has 92 valence electrons. The van der Waals surface area contributed by atoms with Crippen LogP contribution in [0.2, 0.25) is 0 Å². The van der Waals surface area contributed by atoms with E-state index in [1.165, 1.54) is 11.0 Å². The van der Waals surface area contributed by atoms with Crippen molar-refractivity contribution in [3.63, 3.8) is 0 Å². The maximum absolute atomic E-state index is 14.1. The minimum atomic E-state index is -2.03. The number of nitrogens with zero attached hydrogens (tertiary/aromatic N) is 1. The van der Waals surface area contributed by atoms with Crippen molar-refractivity contribution in [1.29, 1.82) is 0 Å². The van der Waals surface area contributed by atoms with Crippen molar-refractivity contribution in [3.05, 3.63) is 30.1 Å². The van der Waals surface area contributed by atoms with Crippen LogP contribution in [-0.4, -0.2) is 31.8 Å². The maximum Gasteiger partial charge on any atom is 0.345 e. The topological polar surface area (TPSA) is 29.5 Å². The van der Waals surface area contributed by atoms with E-state index in [4.69, 9.17) is 0 Å². The Morgan fingerprint density at radius 1 is 1.47 bits per heavy atom. The molecule has 0 N–H and O–H groups in total. The molecule has 0 saturated carbocycles. The predicted molar refractivity (Wildman–Crippen MR) is 59.1 cm³/mol. The molecule has 3 nitrogen and oxygen atoms in total. The molecule has 1 fully saturated rings. The van der Waals surface area contributed by atoms with Crippen molar-refractivity contribution in [2.24, 2.45) is 0 Å². The second-order valence-corrected chi connectivity index (χ2v) is 4.08. The van der Waals surface area contributed by atoms with Gasteiger partial charge in [-0.15, -0.1) is 0 Å². The fourth-order valence-electron chi connectivity index (χ4n) is 2.04. The number of esters is 1. The Hall–Kier alpha value is -1.65. The van der Waals surface area contributed by atoms with Gasteiger partial charge in [0.1, 0.15) is 5.82 Å². The highest BCUT2D eigenvalue weighted by atomic mass is 19.1. The molecule has 0 amide bonds. The van der Waals surface area contributed by atoms with Gasteiger partial charge in [-0.2, -0.15) is 0 Å². The Morgan fingerprint density at radius 2 is 2.18 bits per heavy atom. The number of rotatable bonds is 2. The Morgan fingerprint density at radius 3 is 2.82 bits per heavy atom. The van der Waals surface area contributed by atoms with E-state index in [-0.39, 0.29) is 13.0 Å². The first-order valence-corrected chi connectivity index (χ1v) is 5.33. The Balaban J connectivity index is 2.18. The van der Waals surface area contributed by atoms with E-state index in [1.54, 1.807) is 18.2 Å². The van der Waals surface area contributed by atoms with Gasteiger partial charge in [-0.25, -0.2) is 13.6 Å². The second-order valence-electron chi connectivity index (χ2n) is 4.08. The zero-order chi connectivity index (χ0) is 12.5. The molecule has 1 aliphatic rings. The first-order chi connectivity index (χ1) is 8.07. The van der Waals surface area contributed by atoms with Gasteiger partial charge in [-0.3, -0.25) is 0 Å². The molecule has 1 heterocycles. The lowest BCUT2D eigenvalue weighted by Gasteiger charge is -2.20. The highest BCUT2D eigenvalue weighted by Crippen LogP contribution is 2.31. The van der Waals surface area contributed by atoms with Gasteiger partial charge in [0.2, 0.25) is 5.67 Å². The lowest BCUT2D eigenvalue weighted by molar-refractivity contribution is -0.153. The largest absolute Gasteiger partial charge is 0.467 e. The van der Waals surface area contributed by atoms with Gasteiger partial charge in [0.25, 0.3) is 0 Å². The average molecular weight is 241 g/mol. The summed E-state index contributed by atoms with van der Waals surface area (Å²) in [6.07, 6.45) is 0.0218. The summed E-state index contributed by atoms with van der Waals surface area (Å²) in [4.78, 5) is 12.8. The third kappa shape index (κ3) is 2.09. The van der Waals surface area contributed by atoms with Gasteiger partial charge in [0.05, 0.1) is 19.3 Å². The van der Waals surface area contributed by atoms with E-state index in [1.807, 2.05) is 0 Å². The Labute approximate surface area is 98.0 Å². The molecule has 1 saturated heterocycles. The number of carbonyl (C=O) groups excluding carboxylic acids is 1. The monoisotopic (exact) mass is 241 g/mol. The zero-order valence-electron chi connectivity index (χ0n) is 9.45. The van der Waals surface area contributed by atoms with E-state index in [2.05, 4.69) is 4.74 Å². The molecule has 0 bridgehead atoms. The molecular formula is C12H13F2NO2. The predicted octanol–water partition coefficient (Wildman–Crippen LogP) is 1.92. The lowest BCUT2D eigenvalue weighted by atomic mass is 10.1. The molecule has 5 heteroatoms. The van der Waals surface area contributed by atoms with Crippen molar-refractivity contribution >= 4 is 11.7 Å². The number of para-hydroxylation sites is 1. The van der Waals surface area contributed by atoms with Gasteiger partial charge in [0, 0.05) is 13.0 Å². The zero-order valence-corrected chi connectivity index (χ0v) is 9.45. The van der Waals surface area contributed by atoms with Gasteiger partial charge in [-0.05, 0) is 12.1 Å². The van der Waals surface area contributed by atoms with E-state index in [0.29, 0.717) is 12.2 Å². The molecule has 1 aromatic carbocycles. The third-order valence-electron chi connectivity index (χ3n) is 2.96. The van der Waals surface area contributed by atoms with E-state index < -0.39 is 17.5 Å². The van der Waals surface area contributed by atoms with Crippen LogP contribution in [0.25, 0.3) is 0 Å². The first kappa shape index (κ1) is 11.8. The van der Waals surface area contributed by atoms with Crippen molar-refractivity contribution in [1.82, 2.24) is 0 Å². The number of halogens is 2. The SMILES string of the molecule is COC(=O)[C@]1(F)CCN(c2ccccc2F)C1. The average Bonchev–Trinajstić information content (AvgIpc) is 2.72. The van der Waals surface area contributed by atoms with Crippen LogP contribution in [0.5, 0.6) is 0 Å². The standard InChI is InChI=1S/C12H13F2NO2/c1-17-11(16)12(14)6-7-15(8-12)10-5-3-2-4-9(10)13/h2-5H,6-8H2,1H3/t12-/m0/s1. The number of benzene rings is 1. The molecular weight excluding hydrogens is 228 g/mol. The van der Waals surface area contributed by atoms with Crippen molar-refractivity contribution < 1.29 is 18.3 Å². The van der Waals surface area contributed by atoms with E-state index in [9.17, 15) is 13.6 Å². The van der Waals surface area contributed by atoms with Crippen LogP contribution in [-0.2, 0) is 9.53 Å². The van der Waals surface area contributed by atoms with E-state index >= 15 is 0 Å². The van der Waals surface area contributed by atoms with Gasteiger partial charge < -0.3 is 9.64 Å². The molecule has 1 aliphatic heterocycles. The second kappa shape index (κ2) is 4.31. The summed E-state index contributed by atoms with van der Waals surface area (Å²) in [5.74, 6) is -1.31. The first-order valence-electron chi connectivity index (χ1n) is 5.33. The van der Waals surface area contributed by atoms with Crippen LogP contribution < -0.4 is 4.90 Å². The summed E-state index contributed by atoms with van der Waals surface area (Å²) in [5.41, 5.74) is -1.72. The van der Waals surface area contributed by atoms with Crippen molar-refractivity contribution in [2.75, 3.05) is 25.1 Å². The molecule has 1 aromatic rings. The summed E-state index contributed by atoms with van der Waals surface area (Å²) < 4.78 is 32.0. The Bertz CT molecular complexity index is 438. The third-order valence-corrected chi connectivity index (χ3v) is 2.96. The molecule has 2 rings (SSSR count). The summed E-state index contributed by atoms with van der Waals surface area (Å²) in [5, 5.41) is 0. The molecule has 0 radical (unpaired) electrons. The number of methoxy groups -OCH3 is 1. The highest BCUT2D eigenvalue weighted by molar-refractivity contribution is 5.81. The van der Waals surface area contributed by atoms with Crippen molar-refractivity contribution in [2.45, 2.75) is 12.1 Å². The van der Waals surface area contributed by atoms with Gasteiger partial charge in [0.15, 0.2) is 0 Å². The fourth-order valence-corrected chi connectivity index (χ4v) is 2.04. The van der Waals surface area contributed by atoms with Crippen LogP contribution in [0.1, 0.15) is 6.42 Å². The fraction of sp³-hybridized carbons (Fsp3) is 0.417. The maximum atomic E-state index is 14.1. The number of hydrogen-bond donors (Lipinski definition) is 0. The molecule has 0 spiro atoms. The number of carbonyl (C=O) groups is 1. The minimum Gasteiger partial charge on any atom is -0.467 e. The number of ether oxygens (including phenoxy) is 1. The number of anilines is 1. The minimum absolute atomic E-state index is 0.0218. The van der Waals surface area contributed by atoms with Crippen LogP contribution in [0.4, 0.5) is 14.5 Å². The summed E-state index contributed by atoms with van der Waals surface area (Å²) in [6.45, 7) is 0.132. The van der Waals surface area contributed by atoms with Crippen LogP contribution in [0.15, 0.2) is 24.3 Å². The van der Waals surface area contributed by atoms with Crippen LogP contribution >= 0.6 is 0 Å². The smallest absolute Gasteiger partial charge is 0.345 e. The summed E-state index contributed by atoms with van der Waals surface area (Å²) in [7, 11) is 1.15. The molecule has 0 aromatic heterocycles. The molecule has 0 aliphatic carbocycles. The van der Waals surface area contributed by atoms with Gasteiger partial charge in [-0.1, -0.05) is 12.1 Å². The van der Waals surface area contributed by atoms with E-state index in [0.717, 1.165) is 7.11 Å². The lowest BCUT2D eigenvalue weighted by Crippen LogP contribution is -2.38. The summed E-state index contributed by atoms with van der Waals surface area (Å²) >= 11 is 0. The number of hydrogen-bond acceptors (Lipinski definition) is 3.